The molecule has 0 bridgehead atoms. The number of anilines is 1. The molecule has 0 aromatic heterocycles. The number of nitrogens with two attached hydrogens (primary N) is 1. The van der Waals surface area contributed by atoms with Crippen LogP contribution in [0.5, 0.6) is 0 Å². The van der Waals surface area contributed by atoms with E-state index in [1.165, 1.54) is 5.56 Å². The molecule has 1 atom stereocenters. The lowest BCUT2D eigenvalue weighted by Gasteiger charge is -2.40. The number of rotatable bonds is 2. The fourth-order valence-electron chi connectivity index (χ4n) is 3.77. The lowest BCUT2D eigenvalue weighted by Crippen LogP contribution is -2.53. The highest BCUT2D eigenvalue weighted by molar-refractivity contribution is 7.80. The number of benzene rings is 1. The Bertz CT molecular complexity index is 578. The van der Waals surface area contributed by atoms with E-state index in [4.69, 9.17) is 18.0 Å². The van der Waals surface area contributed by atoms with Gasteiger partial charge in [0, 0.05) is 11.7 Å². The highest BCUT2D eigenvalue weighted by atomic mass is 32.1. The normalized spacial score (nSPS) is 23.7. The summed E-state index contributed by atoms with van der Waals surface area (Å²) < 4.78 is 0. The average molecular weight is 302 g/mol. The van der Waals surface area contributed by atoms with Gasteiger partial charge in [0.2, 0.25) is 5.91 Å². The van der Waals surface area contributed by atoms with E-state index in [1.807, 2.05) is 23.1 Å². The first-order valence-electron chi connectivity index (χ1n) is 7.78. The third-order valence-electron chi connectivity index (χ3n) is 5.08. The van der Waals surface area contributed by atoms with E-state index in [-0.39, 0.29) is 11.9 Å². The van der Waals surface area contributed by atoms with Gasteiger partial charge >= 0.3 is 0 Å². The van der Waals surface area contributed by atoms with Gasteiger partial charge in [-0.1, -0.05) is 43.3 Å². The van der Waals surface area contributed by atoms with Crippen molar-refractivity contribution in [3.05, 3.63) is 29.8 Å². The number of amides is 1. The Kier molecular flexibility index (Phi) is 3.74. The minimum absolute atomic E-state index is 0.118. The molecule has 1 aliphatic carbocycles. The van der Waals surface area contributed by atoms with Crippen LogP contribution in [0.2, 0.25) is 0 Å². The Morgan fingerprint density at radius 1 is 1.33 bits per heavy atom. The van der Waals surface area contributed by atoms with Gasteiger partial charge in [-0.2, -0.15) is 0 Å². The van der Waals surface area contributed by atoms with E-state index in [0.717, 1.165) is 44.2 Å². The lowest BCUT2D eigenvalue weighted by molar-refractivity contribution is -0.125. The minimum Gasteiger partial charge on any atom is -0.392 e. The first-order valence-corrected chi connectivity index (χ1v) is 8.18. The Morgan fingerprint density at radius 2 is 2.00 bits per heavy atom. The van der Waals surface area contributed by atoms with Crippen molar-refractivity contribution in [3.8, 4) is 0 Å². The zero-order valence-electron chi connectivity index (χ0n) is 12.5. The third-order valence-corrected chi connectivity index (χ3v) is 5.47. The van der Waals surface area contributed by atoms with E-state index in [9.17, 15) is 4.79 Å². The Balaban J connectivity index is 2.03. The summed E-state index contributed by atoms with van der Waals surface area (Å²) in [6, 6.07) is 8.41. The van der Waals surface area contributed by atoms with Gasteiger partial charge in [0.15, 0.2) is 0 Å². The van der Waals surface area contributed by atoms with Crippen LogP contribution in [-0.2, 0) is 11.2 Å². The van der Waals surface area contributed by atoms with Gasteiger partial charge in [-0.25, -0.2) is 0 Å². The second-order valence-corrected chi connectivity index (χ2v) is 6.78. The molecule has 1 saturated carbocycles. The molecule has 21 heavy (non-hydrogen) atoms. The quantitative estimate of drug-likeness (QED) is 0.853. The molecule has 4 heteroatoms. The van der Waals surface area contributed by atoms with Crippen molar-refractivity contribution in [2.45, 2.75) is 51.5 Å². The molecule has 3 rings (SSSR count). The molecule has 3 nitrogen and oxygen atoms in total. The molecule has 0 spiro atoms. The highest BCUT2D eigenvalue weighted by Crippen LogP contribution is 2.43. The predicted molar refractivity (Wildman–Crippen MR) is 89.4 cm³/mol. The molecule has 2 aliphatic rings. The van der Waals surface area contributed by atoms with Crippen LogP contribution in [0.15, 0.2) is 24.3 Å². The van der Waals surface area contributed by atoms with Crippen molar-refractivity contribution >= 4 is 28.8 Å². The minimum atomic E-state index is -0.617. The van der Waals surface area contributed by atoms with Gasteiger partial charge in [-0.05, 0) is 44.2 Å². The van der Waals surface area contributed by atoms with Crippen LogP contribution in [0.1, 0.15) is 44.6 Å². The Hall–Kier alpha value is -1.42. The Morgan fingerprint density at radius 3 is 2.67 bits per heavy atom. The number of hydrogen-bond donors (Lipinski definition) is 1. The van der Waals surface area contributed by atoms with Crippen LogP contribution in [-0.4, -0.2) is 16.9 Å². The monoisotopic (exact) mass is 302 g/mol. The van der Waals surface area contributed by atoms with E-state index in [2.05, 4.69) is 13.0 Å². The molecule has 1 unspecified atom stereocenters. The summed E-state index contributed by atoms with van der Waals surface area (Å²) in [5, 5.41) is 0. The molecule has 2 N–H and O–H groups in total. The molecule has 1 aromatic carbocycles. The van der Waals surface area contributed by atoms with Crippen LogP contribution in [0.3, 0.4) is 0 Å². The molecule has 1 aliphatic heterocycles. The number of para-hydroxylation sites is 1. The largest absolute Gasteiger partial charge is 0.392 e. The fraction of sp³-hybridized carbons (Fsp3) is 0.529. The molecular formula is C17H22N2OS. The van der Waals surface area contributed by atoms with Crippen molar-refractivity contribution in [3.63, 3.8) is 0 Å². The van der Waals surface area contributed by atoms with Crippen molar-refractivity contribution in [1.29, 1.82) is 0 Å². The fourth-order valence-corrected chi connectivity index (χ4v) is 4.06. The van der Waals surface area contributed by atoms with Crippen molar-refractivity contribution in [2.24, 2.45) is 11.1 Å². The zero-order chi connectivity index (χ0) is 15.0. The Labute approximate surface area is 131 Å². The first-order chi connectivity index (χ1) is 10.1. The van der Waals surface area contributed by atoms with Crippen LogP contribution in [0, 0.1) is 5.41 Å². The molecule has 0 saturated heterocycles. The molecule has 0 radical (unpaired) electrons. The summed E-state index contributed by atoms with van der Waals surface area (Å²) in [4.78, 5) is 15.6. The number of fused-ring (bicyclic) bond motifs is 1. The van der Waals surface area contributed by atoms with Crippen LogP contribution < -0.4 is 10.6 Å². The maximum absolute atomic E-state index is 13.3. The van der Waals surface area contributed by atoms with Gasteiger partial charge in [-0.3, -0.25) is 4.79 Å². The molecule has 1 fully saturated rings. The molecule has 1 aromatic rings. The standard InChI is InChI=1S/C17H22N2OS/c1-12-8-9-13-6-2-3-7-14(13)19(12)16(20)17(15(18)21)10-4-5-11-17/h2-3,6-7,12H,4-5,8-11H2,1H3,(H2,18,21). The number of hydrogen-bond acceptors (Lipinski definition) is 2. The molecule has 112 valence electrons. The second-order valence-electron chi connectivity index (χ2n) is 6.35. The second kappa shape index (κ2) is 5.41. The van der Waals surface area contributed by atoms with Crippen molar-refractivity contribution < 1.29 is 4.79 Å². The van der Waals surface area contributed by atoms with Crippen LogP contribution >= 0.6 is 12.2 Å². The summed E-state index contributed by atoms with van der Waals surface area (Å²) >= 11 is 5.28. The van der Waals surface area contributed by atoms with Crippen LogP contribution in [0.25, 0.3) is 0 Å². The third kappa shape index (κ3) is 2.26. The van der Waals surface area contributed by atoms with E-state index in [1.54, 1.807) is 0 Å². The zero-order valence-corrected chi connectivity index (χ0v) is 13.3. The molecule has 1 heterocycles. The summed E-state index contributed by atoms with van der Waals surface area (Å²) in [6.45, 7) is 2.12. The lowest BCUT2D eigenvalue weighted by atomic mass is 9.82. The summed E-state index contributed by atoms with van der Waals surface area (Å²) in [5.41, 5.74) is 7.67. The number of carbonyl (C=O) groups is 1. The van der Waals surface area contributed by atoms with E-state index in [0.29, 0.717) is 4.99 Å². The SMILES string of the molecule is CC1CCc2ccccc2N1C(=O)C1(C(N)=S)CCCC1. The van der Waals surface area contributed by atoms with E-state index < -0.39 is 5.41 Å². The summed E-state index contributed by atoms with van der Waals surface area (Å²) in [6.07, 6.45) is 5.69. The van der Waals surface area contributed by atoms with E-state index >= 15 is 0 Å². The highest BCUT2D eigenvalue weighted by Gasteiger charge is 2.48. The maximum atomic E-state index is 13.3. The average Bonchev–Trinajstić information content (AvgIpc) is 2.97. The van der Waals surface area contributed by atoms with Gasteiger partial charge in [0.1, 0.15) is 0 Å². The smallest absolute Gasteiger partial charge is 0.240 e. The molecule has 1 amide bonds. The number of nitrogens with zero attached hydrogens (tertiary/aromatic N) is 1. The first kappa shape index (κ1) is 14.5. The van der Waals surface area contributed by atoms with Crippen molar-refractivity contribution in [2.75, 3.05) is 4.90 Å². The van der Waals surface area contributed by atoms with Gasteiger partial charge in [0.05, 0.1) is 10.4 Å². The van der Waals surface area contributed by atoms with Gasteiger partial charge < -0.3 is 10.6 Å². The summed E-state index contributed by atoms with van der Waals surface area (Å²) in [5.74, 6) is 0.118. The topological polar surface area (TPSA) is 46.3 Å². The number of carbonyl (C=O) groups excluding carboxylic acids is 1. The predicted octanol–water partition coefficient (Wildman–Crippen LogP) is 3.20. The molecular weight excluding hydrogens is 280 g/mol. The number of aryl methyl sites for hydroxylation is 1. The van der Waals surface area contributed by atoms with Crippen molar-refractivity contribution in [1.82, 2.24) is 0 Å². The van der Waals surface area contributed by atoms with Gasteiger partial charge in [0.25, 0.3) is 0 Å². The van der Waals surface area contributed by atoms with Gasteiger partial charge in [-0.15, -0.1) is 0 Å². The maximum Gasteiger partial charge on any atom is 0.240 e. The van der Waals surface area contributed by atoms with Crippen LogP contribution in [0.4, 0.5) is 5.69 Å². The number of thiocarbonyl (C=S) groups is 1. The summed E-state index contributed by atoms with van der Waals surface area (Å²) in [7, 11) is 0.